The van der Waals surface area contributed by atoms with Crippen LogP contribution in [0.1, 0.15) is 47.1 Å². The second-order valence-corrected chi connectivity index (χ2v) is 8.96. The number of aliphatic hydroxyl groups is 1. The highest BCUT2D eigenvalue weighted by Gasteiger charge is 2.59. The highest BCUT2D eigenvalue weighted by molar-refractivity contribution is 6.31. The van der Waals surface area contributed by atoms with Crippen LogP contribution in [0.25, 0.3) is 0 Å². The molecule has 6 nitrogen and oxygen atoms in total. The van der Waals surface area contributed by atoms with Crippen LogP contribution in [-0.4, -0.2) is 25.5 Å². The number of benzene rings is 1. The molecule has 0 saturated heterocycles. The smallest absolute Gasteiger partial charge is 0.274 e. The lowest BCUT2D eigenvalue weighted by molar-refractivity contribution is -0.135. The summed E-state index contributed by atoms with van der Waals surface area (Å²) < 4.78 is 15.1. The van der Waals surface area contributed by atoms with Crippen LogP contribution >= 0.6 is 11.6 Å². The first-order chi connectivity index (χ1) is 14.9. The Morgan fingerprint density at radius 1 is 1.29 bits per heavy atom. The Labute approximate surface area is 184 Å². The standard InChI is InChI=1S/C23H22ClFN4O2/c1-29-12-27-20(21(29)22(30)28-15-5-6-18(25)17(24)10-15)13-8-14-11-23(31,16(14)9-13)19-4-2-3-7-26-19/h2-7,10,12-14,16,31H,8-9,11H2,1H3,(H,28,30). The van der Waals surface area contributed by atoms with Crippen LogP contribution in [0.4, 0.5) is 10.1 Å². The van der Waals surface area contributed by atoms with E-state index in [0.717, 1.165) is 18.5 Å². The van der Waals surface area contributed by atoms with Crippen LogP contribution in [0.15, 0.2) is 48.9 Å². The molecule has 31 heavy (non-hydrogen) atoms. The molecule has 0 radical (unpaired) electrons. The molecular formula is C23H22ClFN4O2. The minimum absolute atomic E-state index is 0.0517. The Morgan fingerprint density at radius 3 is 2.87 bits per heavy atom. The third-order valence-electron chi connectivity index (χ3n) is 6.73. The fraction of sp³-hybridized carbons (Fsp3) is 0.348. The summed E-state index contributed by atoms with van der Waals surface area (Å²) in [6, 6.07) is 9.67. The van der Waals surface area contributed by atoms with Gasteiger partial charge >= 0.3 is 0 Å². The average Bonchev–Trinajstić information content (AvgIpc) is 3.31. The predicted octanol–water partition coefficient (Wildman–Crippen LogP) is 4.26. The van der Waals surface area contributed by atoms with E-state index in [4.69, 9.17) is 11.6 Å². The third-order valence-corrected chi connectivity index (χ3v) is 7.02. The number of pyridine rings is 1. The molecule has 160 valence electrons. The quantitative estimate of drug-likeness (QED) is 0.635. The number of carbonyl (C=O) groups excluding carboxylic acids is 1. The van der Waals surface area contributed by atoms with E-state index in [1.807, 2.05) is 18.2 Å². The van der Waals surface area contributed by atoms with Gasteiger partial charge in [0.25, 0.3) is 5.91 Å². The topological polar surface area (TPSA) is 80.0 Å². The zero-order valence-corrected chi connectivity index (χ0v) is 17.7. The number of anilines is 1. The number of halogens is 2. The molecule has 2 heterocycles. The van der Waals surface area contributed by atoms with Crippen LogP contribution in [0.2, 0.25) is 5.02 Å². The first kappa shape index (κ1) is 20.2. The van der Waals surface area contributed by atoms with Crippen molar-refractivity contribution in [1.82, 2.24) is 14.5 Å². The summed E-state index contributed by atoms with van der Waals surface area (Å²) in [7, 11) is 1.77. The van der Waals surface area contributed by atoms with Crippen LogP contribution < -0.4 is 5.32 Å². The summed E-state index contributed by atoms with van der Waals surface area (Å²) in [5.41, 5.74) is 1.41. The lowest BCUT2D eigenvalue weighted by atomic mass is 9.61. The van der Waals surface area contributed by atoms with Gasteiger partial charge < -0.3 is 15.0 Å². The van der Waals surface area contributed by atoms with Crippen molar-refractivity contribution in [3.05, 3.63) is 76.8 Å². The molecule has 8 heteroatoms. The third kappa shape index (κ3) is 3.32. The van der Waals surface area contributed by atoms with Gasteiger partial charge in [-0.2, -0.15) is 0 Å². The summed E-state index contributed by atoms with van der Waals surface area (Å²) >= 11 is 5.83. The number of nitrogens with zero attached hydrogens (tertiary/aromatic N) is 3. The van der Waals surface area contributed by atoms with Gasteiger partial charge in [0.15, 0.2) is 0 Å². The summed E-state index contributed by atoms with van der Waals surface area (Å²) in [4.78, 5) is 21.9. The van der Waals surface area contributed by atoms with Crippen LogP contribution in [0.3, 0.4) is 0 Å². The largest absolute Gasteiger partial charge is 0.383 e. The maximum absolute atomic E-state index is 13.4. The minimum Gasteiger partial charge on any atom is -0.383 e. The number of carbonyl (C=O) groups is 1. The van der Waals surface area contributed by atoms with Gasteiger partial charge in [0.1, 0.15) is 17.1 Å². The molecule has 1 aromatic carbocycles. The lowest BCUT2D eigenvalue weighted by Crippen LogP contribution is -2.49. The normalized spacial score (nSPS) is 26.9. The minimum atomic E-state index is -0.914. The van der Waals surface area contributed by atoms with Crippen molar-refractivity contribution in [3.8, 4) is 0 Å². The fourth-order valence-corrected chi connectivity index (χ4v) is 5.43. The van der Waals surface area contributed by atoms with Crippen molar-refractivity contribution in [2.45, 2.75) is 30.8 Å². The first-order valence-electron chi connectivity index (χ1n) is 10.3. The molecule has 1 amide bonds. The molecule has 4 unspecified atom stereocenters. The molecule has 0 spiro atoms. The molecule has 2 N–H and O–H groups in total. The fourth-order valence-electron chi connectivity index (χ4n) is 5.25. The van der Waals surface area contributed by atoms with Gasteiger partial charge in [0.05, 0.1) is 22.7 Å². The van der Waals surface area contributed by atoms with Gasteiger partial charge in [-0.25, -0.2) is 9.37 Å². The summed E-state index contributed by atoms with van der Waals surface area (Å²) in [5.74, 6) is -0.307. The molecule has 0 aliphatic heterocycles. The summed E-state index contributed by atoms with van der Waals surface area (Å²) in [5, 5.41) is 14.0. The molecule has 2 aliphatic rings. The van der Waals surface area contributed by atoms with E-state index < -0.39 is 11.4 Å². The zero-order chi connectivity index (χ0) is 21.8. The van der Waals surface area contributed by atoms with Crippen molar-refractivity contribution >= 4 is 23.2 Å². The average molecular weight is 441 g/mol. The Morgan fingerprint density at radius 2 is 2.13 bits per heavy atom. The molecule has 0 bridgehead atoms. The molecule has 2 aromatic heterocycles. The van der Waals surface area contributed by atoms with E-state index in [-0.39, 0.29) is 22.8 Å². The Balaban J connectivity index is 1.37. The number of rotatable bonds is 4. The zero-order valence-electron chi connectivity index (χ0n) is 16.9. The molecule has 3 aromatic rings. The predicted molar refractivity (Wildman–Crippen MR) is 114 cm³/mol. The van der Waals surface area contributed by atoms with E-state index in [2.05, 4.69) is 15.3 Å². The van der Waals surface area contributed by atoms with E-state index in [1.165, 1.54) is 18.2 Å². The Hall–Kier alpha value is -2.77. The molecule has 2 aliphatic carbocycles. The molecule has 5 rings (SSSR count). The van der Waals surface area contributed by atoms with Crippen molar-refractivity contribution in [3.63, 3.8) is 0 Å². The highest BCUT2D eigenvalue weighted by atomic mass is 35.5. The van der Waals surface area contributed by atoms with Gasteiger partial charge in [-0.3, -0.25) is 9.78 Å². The number of aryl methyl sites for hydroxylation is 1. The molecular weight excluding hydrogens is 419 g/mol. The number of nitrogens with one attached hydrogen (secondary N) is 1. The molecule has 2 fully saturated rings. The summed E-state index contributed by atoms with van der Waals surface area (Å²) in [6.45, 7) is 0. The number of aromatic nitrogens is 3. The molecule has 4 atom stereocenters. The SMILES string of the molecule is Cn1cnc(C2CC3CC(O)(c4ccccn4)C3C2)c1C(=O)Nc1ccc(F)c(Cl)c1. The van der Waals surface area contributed by atoms with Gasteiger partial charge in [-0.1, -0.05) is 17.7 Å². The van der Waals surface area contributed by atoms with Gasteiger partial charge in [-0.05, 0) is 61.4 Å². The second-order valence-electron chi connectivity index (χ2n) is 8.55. The maximum atomic E-state index is 13.4. The van der Waals surface area contributed by atoms with E-state index in [0.29, 0.717) is 29.4 Å². The number of amides is 1. The van der Waals surface area contributed by atoms with Crippen LogP contribution in [0, 0.1) is 17.7 Å². The Kier molecular flexibility index (Phi) is 4.83. The van der Waals surface area contributed by atoms with Crippen LogP contribution in [0.5, 0.6) is 0 Å². The van der Waals surface area contributed by atoms with Crippen LogP contribution in [-0.2, 0) is 12.6 Å². The second kappa shape index (κ2) is 7.43. The Bertz CT molecular complexity index is 1150. The van der Waals surface area contributed by atoms with Crippen molar-refractivity contribution in [2.24, 2.45) is 18.9 Å². The summed E-state index contributed by atoms with van der Waals surface area (Å²) in [6.07, 6.45) is 5.63. The molecule has 2 saturated carbocycles. The van der Waals surface area contributed by atoms with Gasteiger partial charge in [0.2, 0.25) is 0 Å². The van der Waals surface area contributed by atoms with Gasteiger partial charge in [-0.15, -0.1) is 0 Å². The van der Waals surface area contributed by atoms with E-state index >= 15 is 0 Å². The van der Waals surface area contributed by atoms with Gasteiger partial charge in [0, 0.05) is 24.8 Å². The lowest BCUT2D eigenvalue weighted by Gasteiger charge is -2.48. The number of hydrogen-bond acceptors (Lipinski definition) is 4. The maximum Gasteiger partial charge on any atom is 0.274 e. The number of hydrogen-bond donors (Lipinski definition) is 2. The van der Waals surface area contributed by atoms with E-state index in [1.54, 1.807) is 24.1 Å². The monoisotopic (exact) mass is 440 g/mol. The van der Waals surface area contributed by atoms with Crippen molar-refractivity contribution in [1.29, 1.82) is 0 Å². The van der Waals surface area contributed by atoms with Crippen molar-refractivity contribution < 1.29 is 14.3 Å². The van der Waals surface area contributed by atoms with E-state index in [9.17, 15) is 14.3 Å². The number of imidazole rings is 1. The highest BCUT2D eigenvalue weighted by Crippen LogP contribution is 2.61. The van der Waals surface area contributed by atoms with Crippen molar-refractivity contribution in [2.75, 3.05) is 5.32 Å². The number of fused-ring (bicyclic) bond motifs is 1. The first-order valence-corrected chi connectivity index (χ1v) is 10.7.